The van der Waals surface area contributed by atoms with E-state index >= 15 is 0 Å². The van der Waals surface area contributed by atoms with Crippen molar-refractivity contribution in [2.75, 3.05) is 6.61 Å². The third-order valence-corrected chi connectivity index (χ3v) is 1.48. The molecule has 0 N–H and O–H groups in total. The van der Waals surface area contributed by atoms with E-state index in [1.165, 1.54) is 0 Å². The molecule has 1 fully saturated rings. The first kappa shape index (κ1) is 6.52. The van der Waals surface area contributed by atoms with Gasteiger partial charge in [0.2, 0.25) is 0 Å². The van der Waals surface area contributed by atoms with Gasteiger partial charge in [0.1, 0.15) is 5.60 Å². The van der Waals surface area contributed by atoms with Gasteiger partial charge in [0.05, 0.1) is 6.61 Å². The molecule has 0 aromatic heterocycles. The van der Waals surface area contributed by atoms with Crippen LogP contribution >= 0.6 is 0 Å². The van der Waals surface area contributed by atoms with Gasteiger partial charge in [-0.15, -0.1) is 0 Å². The van der Waals surface area contributed by atoms with Crippen LogP contribution in [-0.2, 0) is 9.78 Å². The van der Waals surface area contributed by atoms with E-state index in [0.717, 1.165) is 6.42 Å². The largest absolute Gasteiger partial charge is 0.235 e. The normalized spacial score (nSPS) is 23.6. The van der Waals surface area contributed by atoms with Crippen LogP contribution in [0, 0.1) is 0 Å². The van der Waals surface area contributed by atoms with Crippen molar-refractivity contribution < 1.29 is 9.78 Å². The summed E-state index contributed by atoms with van der Waals surface area (Å²) >= 11 is 0. The molecule has 1 saturated heterocycles. The predicted molar refractivity (Wildman–Crippen MR) is 34.8 cm³/mol. The SMILES string of the molecule is C=CC1(C=C)CCOO1. The Kier molecular flexibility index (Phi) is 1.69. The fraction of sp³-hybridized carbons (Fsp3) is 0.429. The summed E-state index contributed by atoms with van der Waals surface area (Å²) in [4.78, 5) is 9.60. The molecule has 0 saturated carbocycles. The summed E-state index contributed by atoms with van der Waals surface area (Å²) in [5.74, 6) is 0. The van der Waals surface area contributed by atoms with E-state index in [0.29, 0.717) is 6.61 Å². The maximum absolute atomic E-state index is 4.90. The lowest BCUT2D eigenvalue weighted by Gasteiger charge is -2.14. The summed E-state index contributed by atoms with van der Waals surface area (Å²) in [5.41, 5.74) is -0.417. The lowest BCUT2D eigenvalue weighted by Crippen LogP contribution is -2.19. The van der Waals surface area contributed by atoms with Crippen molar-refractivity contribution in [3.8, 4) is 0 Å². The van der Waals surface area contributed by atoms with E-state index in [9.17, 15) is 0 Å². The highest BCUT2D eigenvalue weighted by molar-refractivity contribution is 5.09. The van der Waals surface area contributed by atoms with E-state index in [4.69, 9.17) is 9.78 Å². The Morgan fingerprint density at radius 2 is 2.00 bits per heavy atom. The van der Waals surface area contributed by atoms with Crippen LogP contribution in [0.5, 0.6) is 0 Å². The zero-order valence-electron chi connectivity index (χ0n) is 5.30. The molecule has 1 heterocycles. The van der Waals surface area contributed by atoms with Gasteiger partial charge in [-0.05, 0) is 0 Å². The second kappa shape index (κ2) is 2.33. The first-order valence-electron chi connectivity index (χ1n) is 2.91. The number of hydrogen-bond acceptors (Lipinski definition) is 2. The van der Waals surface area contributed by atoms with Gasteiger partial charge in [-0.3, -0.25) is 0 Å². The van der Waals surface area contributed by atoms with Crippen LogP contribution in [0.2, 0.25) is 0 Å². The summed E-state index contributed by atoms with van der Waals surface area (Å²) in [7, 11) is 0. The Morgan fingerprint density at radius 3 is 2.22 bits per heavy atom. The third kappa shape index (κ3) is 1.04. The predicted octanol–water partition coefficient (Wildman–Crippen LogP) is 1.45. The standard InChI is InChI=1S/C7H10O2/c1-3-7(4-2)5-6-8-9-7/h3-4H,1-2,5-6H2. The monoisotopic (exact) mass is 126 g/mol. The molecule has 0 aromatic carbocycles. The molecule has 0 aromatic rings. The van der Waals surface area contributed by atoms with Crippen molar-refractivity contribution in [1.82, 2.24) is 0 Å². The number of rotatable bonds is 2. The smallest absolute Gasteiger partial charge is 0.141 e. The van der Waals surface area contributed by atoms with Crippen LogP contribution in [0.1, 0.15) is 6.42 Å². The minimum atomic E-state index is -0.417. The highest BCUT2D eigenvalue weighted by Crippen LogP contribution is 2.24. The number of hydrogen-bond donors (Lipinski definition) is 0. The van der Waals surface area contributed by atoms with E-state index in [1.807, 2.05) is 0 Å². The van der Waals surface area contributed by atoms with Gasteiger partial charge in [0, 0.05) is 6.42 Å². The van der Waals surface area contributed by atoms with E-state index < -0.39 is 5.60 Å². The van der Waals surface area contributed by atoms with E-state index in [2.05, 4.69) is 13.2 Å². The highest BCUT2D eigenvalue weighted by atomic mass is 17.2. The van der Waals surface area contributed by atoms with Crippen LogP contribution in [0.25, 0.3) is 0 Å². The van der Waals surface area contributed by atoms with Crippen LogP contribution in [-0.4, -0.2) is 12.2 Å². The molecule has 0 spiro atoms. The molecular formula is C7H10O2. The third-order valence-electron chi connectivity index (χ3n) is 1.48. The summed E-state index contributed by atoms with van der Waals surface area (Å²) < 4.78 is 0. The zero-order chi connectivity index (χ0) is 6.74. The molecule has 50 valence electrons. The lowest BCUT2D eigenvalue weighted by molar-refractivity contribution is -0.284. The molecule has 1 rings (SSSR count). The van der Waals surface area contributed by atoms with Gasteiger partial charge in [0.25, 0.3) is 0 Å². The van der Waals surface area contributed by atoms with Crippen molar-refractivity contribution in [3.05, 3.63) is 25.3 Å². The average Bonchev–Trinajstić information content (AvgIpc) is 2.36. The Balaban J connectivity index is 2.66. The Labute approximate surface area is 54.7 Å². The van der Waals surface area contributed by atoms with Crippen molar-refractivity contribution in [1.29, 1.82) is 0 Å². The second-order valence-electron chi connectivity index (χ2n) is 2.02. The van der Waals surface area contributed by atoms with Crippen LogP contribution in [0.15, 0.2) is 25.3 Å². The first-order chi connectivity index (χ1) is 4.33. The summed E-state index contributed by atoms with van der Waals surface area (Å²) in [6.45, 7) is 7.84. The van der Waals surface area contributed by atoms with Crippen molar-refractivity contribution in [2.45, 2.75) is 12.0 Å². The fourth-order valence-corrected chi connectivity index (χ4v) is 0.750. The molecule has 0 amide bonds. The van der Waals surface area contributed by atoms with Crippen molar-refractivity contribution in [3.63, 3.8) is 0 Å². The zero-order valence-corrected chi connectivity index (χ0v) is 5.30. The first-order valence-corrected chi connectivity index (χ1v) is 2.91. The molecule has 2 heteroatoms. The lowest BCUT2D eigenvalue weighted by atomic mass is 10.0. The van der Waals surface area contributed by atoms with Crippen molar-refractivity contribution in [2.24, 2.45) is 0 Å². The molecule has 0 aliphatic carbocycles. The minimum absolute atomic E-state index is 0.417. The summed E-state index contributed by atoms with van der Waals surface area (Å²) in [6.07, 6.45) is 4.22. The molecular weight excluding hydrogens is 116 g/mol. The van der Waals surface area contributed by atoms with Crippen LogP contribution in [0.3, 0.4) is 0 Å². The van der Waals surface area contributed by atoms with Gasteiger partial charge >= 0.3 is 0 Å². The Bertz CT molecular complexity index is 113. The van der Waals surface area contributed by atoms with Gasteiger partial charge in [0.15, 0.2) is 0 Å². The van der Waals surface area contributed by atoms with Gasteiger partial charge in [-0.2, -0.15) is 0 Å². The molecule has 0 bridgehead atoms. The van der Waals surface area contributed by atoms with Gasteiger partial charge in [-0.1, -0.05) is 25.3 Å². The molecule has 2 nitrogen and oxygen atoms in total. The van der Waals surface area contributed by atoms with Gasteiger partial charge in [-0.25, -0.2) is 9.78 Å². The van der Waals surface area contributed by atoms with E-state index in [1.54, 1.807) is 12.2 Å². The topological polar surface area (TPSA) is 18.5 Å². The molecule has 0 unspecified atom stereocenters. The molecule has 9 heavy (non-hydrogen) atoms. The van der Waals surface area contributed by atoms with E-state index in [-0.39, 0.29) is 0 Å². The average molecular weight is 126 g/mol. The molecule has 0 radical (unpaired) electrons. The summed E-state index contributed by atoms with van der Waals surface area (Å²) in [6, 6.07) is 0. The Hall–Kier alpha value is -0.600. The van der Waals surface area contributed by atoms with Crippen molar-refractivity contribution >= 4 is 0 Å². The maximum Gasteiger partial charge on any atom is 0.141 e. The maximum atomic E-state index is 4.90. The molecule has 1 aliphatic heterocycles. The second-order valence-corrected chi connectivity index (χ2v) is 2.02. The van der Waals surface area contributed by atoms with Crippen LogP contribution in [0.4, 0.5) is 0 Å². The van der Waals surface area contributed by atoms with Gasteiger partial charge < -0.3 is 0 Å². The quantitative estimate of drug-likeness (QED) is 0.412. The molecule has 0 atom stereocenters. The minimum Gasteiger partial charge on any atom is -0.235 e. The fourth-order valence-electron chi connectivity index (χ4n) is 0.750. The molecule has 1 aliphatic rings. The Morgan fingerprint density at radius 1 is 1.33 bits per heavy atom. The summed E-state index contributed by atoms with van der Waals surface area (Å²) in [5, 5.41) is 0. The van der Waals surface area contributed by atoms with Crippen LogP contribution < -0.4 is 0 Å². The highest BCUT2D eigenvalue weighted by Gasteiger charge is 2.30.